The highest BCUT2D eigenvalue weighted by atomic mass is 35.5. The predicted molar refractivity (Wildman–Crippen MR) is 102 cm³/mol. The summed E-state index contributed by atoms with van der Waals surface area (Å²) in [7, 11) is 0. The molecule has 2 atom stereocenters. The Kier molecular flexibility index (Phi) is 4.86. The second-order valence-corrected chi connectivity index (χ2v) is 7.06. The number of benzene rings is 1. The Morgan fingerprint density at radius 1 is 1.50 bits per heavy atom. The van der Waals surface area contributed by atoms with E-state index in [1.54, 1.807) is 4.57 Å². The third-order valence-corrected chi connectivity index (χ3v) is 5.38. The van der Waals surface area contributed by atoms with Crippen LogP contribution >= 0.6 is 11.6 Å². The topological polar surface area (TPSA) is 109 Å². The molecule has 2 heterocycles. The van der Waals surface area contributed by atoms with Crippen molar-refractivity contribution in [2.45, 2.75) is 45.3 Å². The SMILES string of the molecule is CCn1cc(C(=O)O)c(=O)c2cc(O)c(N3CCCC3[C@H](C)N)c(Cl)c21. The molecule has 1 unspecified atom stereocenters. The lowest BCUT2D eigenvalue weighted by molar-refractivity contribution is 0.0695. The van der Waals surface area contributed by atoms with Gasteiger partial charge in [-0.1, -0.05) is 11.6 Å². The number of carboxylic acids is 1. The molecule has 0 amide bonds. The van der Waals surface area contributed by atoms with Gasteiger partial charge in [-0.3, -0.25) is 4.79 Å². The maximum absolute atomic E-state index is 12.6. The Morgan fingerprint density at radius 3 is 2.77 bits per heavy atom. The summed E-state index contributed by atoms with van der Waals surface area (Å²) in [5.74, 6) is -1.45. The van der Waals surface area contributed by atoms with E-state index in [-0.39, 0.29) is 33.8 Å². The van der Waals surface area contributed by atoms with Gasteiger partial charge in [0.25, 0.3) is 0 Å². The number of anilines is 1. The molecule has 0 aliphatic carbocycles. The molecule has 0 radical (unpaired) electrons. The van der Waals surface area contributed by atoms with E-state index < -0.39 is 11.4 Å². The molecule has 1 saturated heterocycles. The number of phenols is 1. The lowest BCUT2D eigenvalue weighted by Crippen LogP contribution is -2.42. The van der Waals surface area contributed by atoms with Crippen molar-refractivity contribution < 1.29 is 15.0 Å². The smallest absolute Gasteiger partial charge is 0.341 e. The minimum absolute atomic E-state index is 0.0379. The standard InChI is InChI=1S/C18H22ClN3O4/c1-3-21-8-11(18(25)26)17(24)10-7-13(23)16(14(19)15(10)21)22-6-4-5-12(22)9(2)20/h7-9,12,23H,3-6,20H2,1-2H3,(H,25,26)/t9-,12?/m0/s1. The van der Waals surface area contributed by atoms with Crippen molar-refractivity contribution in [2.75, 3.05) is 11.4 Å². The molecule has 2 aromatic rings. The number of hydrogen-bond acceptors (Lipinski definition) is 5. The summed E-state index contributed by atoms with van der Waals surface area (Å²) in [4.78, 5) is 25.9. The molecule has 8 heteroatoms. The minimum atomic E-state index is -1.31. The number of halogens is 1. The molecular formula is C18H22ClN3O4. The van der Waals surface area contributed by atoms with Crippen molar-refractivity contribution >= 4 is 34.2 Å². The first-order valence-electron chi connectivity index (χ1n) is 8.62. The Balaban J connectivity index is 2.33. The summed E-state index contributed by atoms with van der Waals surface area (Å²) in [5, 5.41) is 20.2. The highest BCUT2D eigenvalue weighted by Crippen LogP contribution is 2.43. The number of aromatic nitrogens is 1. The van der Waals surface area contributed by atoms with Gasteiger partial charge in [0.1, 0.15) is 17.0 Å². The molecule has 1 fully saturated rings. The molecular weight excluding hydrogens is 358 g/mol. The Morgan fingerprint density at radius 2 is 2.19 bits per heavy atom. The van der Waals surface area contributed by atoms with Crippen molar-refractivity contribution in [1.29, 1.82) is 0 Å². The maximum Gasteiger partial charge on any atom is 0.341 e. The number of rotatable bonds is 4. The van der Waals surface area contributed by atoms with Crippen molar-refractivity contribution in [3.05, 3.63) is 33.1 Å². The first-order chi connectivity index (χ1) is 12.3. The van der Waals surface area contributed by atoms with Crippen LogP contribution in [0.15, 0.2) is 17.1 Å². The molecule has 7 nitrogen and oxygen atoms in total. The van der Waals surface area contributed by atoms with Gasteiger partial charge in [0, 0.05) is 31.4 Å². The average Bonchev–Trinajstić information content (AvgIpc) is 3.05. The molecule has 4 N–H and O–H groups in total. The van der Waals surface area contributed by atoms with E-state index in [0.29, 0.717) is 24.3 Å². The van der Waals surface area contributed by atoms with E-state index in [4.69, 9.17) is 17.3 Å². The molecule has 1 aliphatic rings. The summed E-state index contributed by atoms with van der Waals surface area (Å²) in [6.07, 6.45) is 3.12. The molecule has 26 heavy (non-hydrogen) atoms. The largest absolute Gasteiger partial charge is 0.506 e. The van der Waals surface area contributed by atoms with Crippen LogP contribution < -0.4 is 16.1 Å². The molecule has 1 aliphatic heterocycles. The average molecular weight is 380 g/mol. The van der Waals surface area contributed by atoms with Gasteiger partial charge in [-0.15, -0.1) is 0 Å². The molecule has 140 valence electrons. The third kappa shape index (κ3) is 2.81. The lowest BCUT2D eigenvalue weighted by atomic mass is 10.1. The number of aromatic hydroxyl groups is 1. The van der Waals surface area contributed by atoms with Gasteiger partial charge in [-0.2, -0.15) is 0 Å². The molecule has 0 spiro atoms. The summed E-state index contributed by atoms with van der Waals surface area (Å²) in [6, 6.07) is 1.25. The van der Waals surface area contributed by atoms with Crippen LogP contribution in [0.25, 0.3) is 10.9 Å². The van der Waals surface area contributed by atoms with Crippen LogP contribution in [0.3, 0.4) is 0 Å². The van der Waals surface area contributed by atoms with Crippen LogP contribution in [-0.4, -0.2) is 39.4 Å². The predicted octanol–water partition coefficient (Wildman–Crippen LogP) is 2.39. The zero-order valence-corrected chi connectivity index (χ0v) is 15.5. The van der Waals surface area contributed by atoms with Crippen LogP contribution in [0.5, 0.6) is 5.75 Å². The fourth-order valence-corrected chi connectivity index (χ4v) is 4.20. The number of aryl methyl sites for hydroxylation is 1. The molecule has 1 aromatic heterocycles. The zero-order chi connectivity index (χ0) is 19.2. The maximum atomic E-state index is 12.6. The van der Waals surface area contributed by atoms with E-state index in [9.17, 15) is 19.8 Å². The number of carbonyl (C=O) groups is 1. The summed E-state index contributed by atoms with van der Waals surface area (Å²) in [6.45, 7) is 4.88. The van der Waals surface area contributed by atoms with Crippen LogP contribution in [0.1, 0.15) is 37.0 Å². The summed E-state index contributed by atoms with van der Waals surface area (Å²) < 4.78 is 1.63. The number of fused-ring (bicyclic) bond motifs is 1. The monoisotopic (exact) mass is 379 g/mol. The summed E-state index contributed by atoms with van der Waals surface area (Å²) in [5.41, 5.74) is 5.95. The molecule has 3 rings (SSSR count). The quantitative estimate of drug-likeness (QED) is 0.752. The van der Waals surface area contributed by atoms with E-state index in [1.165, 1.54) is 12.3 Å². The number of nitrogens with two attached hydrogens (primary N) is 1. The van der Waals surface area contributed by atoms with Crippen molar-refractivity contribution in [2.24, 2.45) is 5.73 Å². The van der Waals surface area contributed by atoms with Gasteiger partial charge < -0.3 is 25.4 Å². The zero-order valence-electron chi connectivity index (χ0n) is 14.7. The summed E-state index contributed by atoms with van der Waals surface area (Å²) >= 11 is 6.64. The van der Waals surface area contributed by atoms with Crippen molar-refractivity contribution in [1.82, 2.24) is 4.57 Å². The van der Waals surface area contributed by atoms with E-state index >= 15 is 0 Å². The second-order valence-electron chi connectivity index (χ2n) is 6.68. The third-order valence-electron chi connectivity index (χ3n) is 5.02. The van der Waals surface area contributed by atoms with Crippen molar-refractivity contribution in [3.63, 3.8) is 0 Å². The number of hydrogen-bond donors (Lipinski definition) is 3. The van der Waals surface area contributed by atoms with Crippen molar-refractivity contribution in [3.8, 4) is 5.75 Å². The number of aromatic carboxylic acids is 1. The first kappa shape index (κ1) is 18.5. The highest BCUT2D eigenvalue weighted by molar-refractivity contribution is 6.38. The molecule has 1 aromatic carbocycles. The van der Waals surface area contributed by atoms with Gasteiger partial charge in [-0.05, 0) is 32.8 Å². The van der Waals surface area contributed by atoms with E-state index in [2.05, 4.69) is 0 Å². The van der Waals surface area contributed by atoms with Gasteiger partial charge >= 0.3 is 5.97 Å². The van der Waals surface area contributed by atoms with Gasteiger partial charge in [-0.25, -0.2) is 4.79 Å². The molecule has 0 saturated carbocycles. The Hall–Kier alpha value is -2.25. The van der Waals surface area contributed by atoms with Crippen LogP contribution in [-0.2, 0) is 6.54 Å². The highest BCUT2D eigenvalue weighted by Gasteiger charge is 2.32. The lowest BCUT2D eigenvalue weighted by Gasteiger charge is -2.31. The Labute approximate surface area is 155 Å². The van der Waals surface area contributed by atoms with E-state index in [0.717, 1.165) is 12.8 Å². The van der Waals surface area contributed by atoms with Gasteiger partial charge in [0.05, 0.1) is 15.9 Å². The molecule has 0 bridgehead atoms. The van der Waals surface area contributed by atoms with Crippen LogP contribution in [0.2, 0.25) is 5.02 Å². The number of carboxylic acid groups (broad SMARTS) is 1. The van der Waals surface area contributed by atoms with E-state index in [1.807, 2.05) is 18.7 Å². The number of pyridine rings is 1. The Bertz CT molecular complexity index is 938. The van der Waals surface area contributed by atoms with Gasteiger partial charge in [0.2, 0.25) is 5.43 Å². The fourth-order valence-electron chi connectivity index (χ4n) is 3.79. The van der Waals surface area contributed by atoms with Gasteiger partial charge in [0.15, 0.2) is 0 Å². The normalized spacial score (nSPS) is 18.5. The van der Waals surface area contributed by atoms with Crippen LogP contribution in [0.4, 0.5) is 5.69 Å². The van der Waals surface area contributed by atoms with Crippen LogP contribution in [0, 0.1) is 0 Å². The first-order valence-corrected chi connectivity index (χ1v) is 8.99. The number of phenolic OH excluding ortho intramolecular Hbond substituents is 1. The minimum Gasteiger partial charge on any atom is -0.506 e. The number of nitrogens with zero attached hydrogens (tertiary/aromatic N) is 2. The second kappa shape index (κ2) is 6.81. The fraction of sp³-hybridized carbons (Fsp3) is 0.444.